The summed E-state index contributed by atoms with van der Waals surface area (Å²) in [6.07, 6.45) is 2.07. The highest BCUT2D eigenvalue weighted by atomic mass is 127. The first-order valence-electron chi connectivity index (χ1n) is 10.0. The number of phenolic OH excluding ortho intramolecular Hbond substituents is 1. The first-order chi connectivity index (χ1) is 14.0. The molecular weight excluding hydrogens is 518 g/mol. The topological polar surface area (TPSA) is 59.9 Å². The predicted octanol–water partition coefficient (Wildman–Crippen LogP) is 4.52. The van der Waals surface area contributed by atoms with E-state index in [2.05, 4.69) is 32.7 Å². The molecule has 0 radical (unpaired) electrons. The van der Waals surface area contributed by atoms with Crippen LogP contribution in [0.4, 0.5) is 4.39 Å². The van der Waals surface area contributed by atoms with Crippen molar-refractivity contribution < 1.29 is 9.50 Å². The number of phenols is 1. The number of hydrogen-bond acceptors (Lipinski definition) is 3. The van der Waals surface area contributed by atoms with Gasteiger partial charge in [0.2, 0.25) is 0 Å². The van der Waals surface area contributed by atoms with Crippen molar-refractivity contribution in [1.29, 1.82) is 0 Å². The first kappa shape index (κ1) is 24.7. The van der Waals surface area contributed by atoms with Gasteiger partial charge in [-0.25, -0.2) is 9.38 Å². The van der Waals surface area contributed by atoms with Gasteiger partial charge in [0, 0.05) is 37.2 Å². The minimum Gasteiger partial charge on any atom is -0.505 e. The van der Waals surface area contributed by atoms with Gasteiger partial charge < -0.3 is 15.7 Å². The van der Waals surface area contributed by atoms with Gasteiger partial charge in [0.1, 0.15) is 0 Å². The third-order valence-electron chi connectivity index (χ3n) is 5.02. The number of aromatic hydroxyl groups is 1. The number of rotatable bonds is 6. The lowest BCUT2D eigenvalue weighted by atomic mass is 10.0. The summed E-state index contributed by atoms with van der Waals surface area (Å²) < 4.78 is 13.5. The molecule has 0 aliphatic carbocycles. The third-order valence-corrected chi connectivity index (χ3v) is 5.28. The van der Waals surface area contributed by atoms with Crippen molar-refractivity contribution in [2.24, 2.45) is 4.99 Å². The second-order valence-corrected chi connectivity index (χ2v) is 7.74. The van der Waals surface area contributed by atoms with Crippen LogP contribution in [-0.2, 0) is 13.1 Å². The van der Waals surface area contributed by atoms with E-state index in [-0.39, 0.29) is 29.7 Å². The summed E-state index contributed by atoms with van der Waals surface area (Å²) in [6.45, 7) is 6.09. The Morgan fingerprint density at radius 1 is 1.17 bits per heavy atom. The van der Waals surface area contributed by atoms with Crippen LogP contribution >= 0.6 is 35.6 Å². The summed E-state index contributed by atoms with van der Waals surface area (Å²) in [5.41, 5.74) is 1.99. The quantitative estimate of drug-likeness (QED) is 0.283. The molecule has 5 nitrogen and oxygen atoms in total. The molecule has 1 heterocycles. The summed E-state index contributed by atoms with van der Waals surface area (Å²) in [5.74, 6) is -0.228. The highest BCUT2D eigenvalue weighted by molar-refractivity contribution is 14.0. The SMILES string of the molecule is CCNC(=NCc1ccc(O)c(F)c1)NC1CCN(Cc2ccc(Cl)cc2)CC1.I. The van der Waals surface area contributed by atoms with Gasteiger partial charge >= 0.3 is 0 Å². The van der Waals surface area contributed by atoms with E-state index in [1.165, 1.54) is 17.7 Å². The summed E-state index contributed by atoms with van der Waals surface area (Å²) in [4.78, 5) is 7.01. The number of nitrogens with zero attached hydrogens (tertiary/aromatic N) is 2. The van der Waals surface area contributed by atoms with E-state index in [4.69, 9.17) is 11.6 Å². The second kappa shape index (κ2) is 12.3. The number of nitrogens with one attached hydrogen (secondary N) is 2. The van der Waals surface area contributed by atoms with Crippen molar-refractivity contribution in [3.05, 3.63) is 64.4 Å². The van der Waals surface area contributed by atoms with E-state index in [0.29, 0.717) is 12.6 Å². The molecule has 0 amide bonds. The summed E-state index contributed by atoms with van der Waals surface area (Å²) in [5, 5.41) is 16.8. The summed E-state index contributed by atoms with van der Waals surface area (Å²) >= 11 is 5.96. The van der Waals surface area contributed by atoms with Crippen LogP contribution in [0.1, 0.15) is 30.9 Å². The van der Waals surface area contributed by atoms with Gasteiger partial charge in [0.25, 0.3) is 0 Å². The molecule has 164 valence electrons. The van der Waals surface area contributed by atoms with Gasteiger partial charge in [-0.3, -0.25) is 4.90 Å². The Hall–Kier alpha value is -1.58. The van der Waals surface area contributed by atoms with Crippen LogP contribution in [0.25, 0.3) is 0 Å². The standard InChI is InChI=1S/C22H28ClFN4O.HI/c1-2-25-22(26-14-17-5-8-21(29)20(24)13-17)27-19-9-11-28(12-10-19)15-16-3-6-18(23)7-4-16;/h3-8,13,19,29H,2,9-12,14-15H2,1H3,(H2,25,26,27);1H. The van der Waals surface area contributed by atoms with Gasteiger partial charge in [0.05, 0.1) is 6.54 Å². The maximum Gasteiger partial charge on any atom is 0.191 e. The van der Waals surface area contributed by atoms with Crippen molar-refractivity contribution in [1.82, 2.24) is 15.5 Å². The average molecular weight is 547 g/mol. The molecule has 1 aliphatic rings. The smallest absolute Gasteiger partial charge is 0.191 e. The van der Waals surface area contributed by atoms with Crippen LogP contribution < -0.4 is 10.6 Å². The third kappa shape index (κ3) is 7.59. The molecule has 1 fully saturated rings. The number of likely N-dealkylation sites (tertiary alicyclic amines) is 1. The molecule has 0 spiro atoms. The number of aliphatic imine (C=N–C) groups is 1. The molecule has 8 heteroatoms. The van der Waals surface area contributed by atoms with Crippen molar-refractivity contribution >= 4 is 41.5 Å². The minimum absolute atomic E-state index is 0. The van der Waals surface area contributed by atoms with E-state index in [1.54, 1.807) is 6.07 Å². The fraction of sp³-hybridized carbons (Fsp3) is 0.409. The molecule has 3 rings (SSSR count). The monoisotopic (exact) mass is 546 g/mol. The maximum atomic E-state index is 13.5. The van der Waals surface area contributed by atoms with Gasteiger partial charge in [-0.1, -0.05) is 29.8 Å². The van der Waals surface area contributed by atoms with E-state index >= 15 is 0 Å². The molecule has 3 N–H and O–H groups in total. The Bertz CT molecular complexity index is 826. The molecule has 0 unspecified atom stereocenters. The molecule has 0 bridgehead atoms. The number of piperidine rings is 1. The highest BCUT2D eigenvalue weighted by Crippen LogP contribution is 2.17. The number of halogens is 3. The van der Waals surface area contributed by atoms with Crippen LogP contribution in [0.5, 0.6) is 5.75 Å². The van der Waals surface area contributed by atoms with Gasteiger partial charge in [0.15, 0.2) is 17.5 Å². The lowest BCUT2D eigenvalue weighted by Gasteiger charge is -2.33. The molecular formula is C22H29ClFIN4O. The van der Waals surface area contributed by atoms with E-state index < -0.39 is 5.82 Å². The molecule has 0 aromatic heterocycles. The molecule has 2 aromatic carbocycles. The largest absolute Gasteiger partial charge is 0.505 e. The molecule has 1 saturated heterocycles. The highest BCUT2D eigenvalue weighted by Gasteiger charge is 2.20. The lowest BCUT2D eigenvalue weighted by molar-refractivity contribution is 0.198. The molecule has 1 aliphatic heterocycles. The molecule has 0 saturated carbocycles. The van der Waals surface area contributed by atoms with Crippen LogP contribution in [0.15, 0.2) is 47.5 Å². The number of guanidine groups is 1. The maximum absolute atomic E-state index is 13.5. The van der Waals surface area contributed by atoms with E-state index in [0.717, 1.165) is 55.6 Å². The van der Waals surface area contributed by atoms with Crippen molar-refractivity contribution in [2.45, 2.75) is 38.9 Å². The Labute approximate surface area is 199 Å². The van der Waals surface area contributed by atoms with Crippen LogP contribution in [0.3, 0.4) is 0 Å². The Kier molecular flexibility index (Phi) is 10.1. The molecule has 30 heavy (non-hydrogen) atoms. The molecule has 0 atom stereocenters. The van der Waals surface area contributed by atoms with Crippen molar-refractivity contribution in [2.75, 3.05) is 19.6 Å². The minimum atomic E-state index is -0.622. The van der Waals surface area contributed by atoms with Crippen LogP contribution in [0.2, 0.25) is 5.02 Å². The zero-order chi connectivity index (χ0) is 20.6. The van der Waals surface area contributed by atoms with E-state index in [9.17, 15) is 9.50 Å². The summed E-state index contributed by atoms with van der Waals surface area (Å²) in [6, 6.07) is 12.7. The summed E-state index contributed by atoms with van der Waals surface area (Å²) in [7, 11) is 0. The first-order valence-corrected chi connectivity index (χ1v) is 10.4. The number of benzene rings is 2. The fourth-order valence-electron chi connectivity index (χ4n) is 3.42. The average Bonchev–Trinajstić information content (AvgIpc) is 2.72. The fourth-order valence-corrected chi connectivity index (χ4v) is 3.54. The van der Waals surface area contributed by atoms with Crippen LogP contribution in [-0.4, -0.2) is 41.6 Å². The second-order valence-electron chi connectivity index (χ2n) is 7.30. The van der Waals surface area contributed by atoms with Crippen molar-refractivity contribution in [3.8, 4) is 5.75 Å². The number of hydrogen-bond donors (Lipinski definition) is 3. The Balaban J connectivity index is 0.00000320. The van der Waals surface area contributed by atoms with Gasteiger partial charge in [-0.05, 0) is 55.2 Å². The normalized spacial score (nSPS) is 15.5. The Morgan fingerprint density at radius 3 is 2.47 bits per heavy atom. The van der Waals surface area contributed by atoms with Gasteiger partial charge in [-0.15, -0.1) is 24.0 Å². The van der Waals surface area contributed by atoms with Gasteiger partial charge in [-0.2, -0.15) is 0 Å². The zero-order valence-corrected chi connectivity index (χ0v) is 20.2. The van der Waals surface area contributed by atoms with Crippen LogP contribution in [0, 0.1) is 5.82 Å². The predicted molar refractivity (Wildman–Crippen MR) is 131 cm³/mol. The lowest BCUT2D eigenvalue weighted by Crippen LogP contribution is -2.48. The van der Waals surface area contributed by atoms with E-state index in [1.807, 2.05) is 19.1 Å². The van der Waals surface area contributed by atoms with Crippen molar-refractivity contribution in [3.63, 3.8) is 0 Å². The molecule has 2 aromatic rings. The zero-order valence-electron chi connectivity index (χ0n) is 17.1. The Morgan fingerprint density at radius 2 is 1.83 bits per heavy atom.